The van der Waals surface area contributed by atoms with Crippen LogP contribution in [0, 0.1) is 0 Å². The molecule has 1 aromatic carbocycles. The zero-order valence-electron chi connectivity index (χ0n) is 15.7. The Hall–Kier alpha value is -2.60. The van der Waals surface area contributed by atoms with Gasteiger partial charge in [-0.05, 0) is 32.1 Å². The van der Waals surface area contributed by atoms with Crippen molar-refractivity contribution in [2.24, 2.45) is 0 Å². The summed E-state index contributed by atoms with van der Waals surface area (Å²) in [6, 6.07) is 13.3. The Kier molecular flexibility index (Phi) is 4.51. The second-order valence-corrected chi connectivity index (χ2v) is 7.15. The molecular weight excluding hydrogens is 324 g/mol. The second kappa shape index (κ2) is 6.96. The maximum Gasteiger partial charge on any atom is 0.208 e. The number of nitrogens with zero attached hydrogens (tertiary/aromatic N) is 5. The van der Waals surface area contributed by atoms with E-state index in [2.05, 4.69) is 75.2 Å². The molecular formula is C20H26N6. The Morgan fingerprint density at radius 2 is 2.04 bits per heavy atom. The zero-order valence-corrected chi connectivity index (χ0v) is 15.7. The summed E-state index contributed by atoms with van der Waals surface area (Å²) >= 11 is 0. The van der Waals surface area contributed by atoms with Gasteiger partial charge in [-0.2, -0.15) is 4.98 Å². The largest absolute Gasteiger partial charge is 0.387 e. The van der Waals surface area contributed by atoms with E-state index in [1.807, 2.05) is 13.2 Å². The molecule has 26 heavy (non-hydrogen) atoms. The van der Waals surface area contributed by atoms with E-state index in [0.717, 1.165) is 48.9 Å². The number of benzene rings is 1. The fourth-order valence-corrected chi connectivity index (χ4v) is 3.64. The first-order valence-corrected chi connectivity index (χ1v) is 9.15. The molecule has 1 aliphatic heterocycles. The number of anilines is 2. The molecule has 0 saturated carbocycles. The molecule has 1 saturated heterocycles. The SMILES string of the molecule is CNc1cnc2nc(N3CC[C@@H](N(C)C)C3)n(Cc3ccccc3)c2c1. The van der Waals surface area contributed by atoms with Crippen molar-refractivity contribution in [3.63, 3.8) is 0 Å². The first-order chi connectivity index (χ1) is 12.7. The van der Waals surface area contributed by atoms with E-state index in [9.17, 15) is 0 Å². The van der Waals surface area contributed by atoms with Crippen molar-refractivity contribution in [2.45, 2.75) is 19.0 Å². The molecule has 4 rings (SSSR count). The maximum absolute atomic E-state index is 4.89. The third kappa shape index (κ3) is 3.12. The first-order valence-electron chi connectivity index (χ1n) is 9.15. The van der Waals surface area contributed by atoms with Gasteiger partial charge in [-0.15, -0.1) is 0 Å². The fourth-order valence-electron chi connectivity index (χ4n) is 3.64. The number of hydrogen-bond acceptors (Lipinski definition) is 5. The van der Waals surface area contributed by atoms with Crippen molar-refractivity contribution in [3.8, 4) is 0 Å². The molecule has 6 heteroatoms. The molecule has 3 heterocycles. The van der Waals surface area contributed by atoms with Crippen LogP contribution in [0.25, 0.3) is 11.2 Å². The summed E-state index contributed by atoms with van der Waals surface area (Å²) < 4.78 is 2.30. The minimum atomic E-state index is 0.570. The molecule has 1 N–H and O–H groups in total. The molecule has 1 atom stereocenters. The lowest BCUT2D eigenvalue weighted by atomic mass is 10.2. The Bertz CT molecular complexity index is 886. The smallest absolute Gasteiger partial charge is 0.208 e. The van der Waals surface area contributed by atoms with Gasteiger partial charge in [0.2, 0.25) is 5.95 Å². The molecule has 2 aromatic heterocycles. The van der Waals surface area contributed by atoms with Crippen LogP contribution in [0.5, 0.6) is 0 Å². The summed E-state index contributed by atoms with van der Waals surface area (Å²) in [5.74, 6) is 1.02. The molecule has 0 aliphatic carbocycles. The quantitative estimate of drug-likeness (QED) is 0.767. The van der Waals surface area contributed by atoms with Gasteiger partial charge in [0.1, 0.15) is 0 Å². The topological polar surface area (TPSA) is 49.2 Å². The van der Waals surface area contributed by atoms with Crippen LogP contribution in [-0.2, 0) is 6.54 Å². The summed E-state index contributed by atoms with van der Waals surface area (Å²) in [5.41, 5.74) is 4.16. The molecule has 1 aliphatic rings. The molecule has 0 bridgehead atoms. The monoisotopic (exact) mass is 350 g/mol. The van der Waals surface area contributed by atoms with Crippen molar-refractivity contribution in [2.75, 3.05) is 44.4 Å². The van der Waals surface area contributed by atoms with Crippen molar-refractivity contribution >= 4 is 22.8 Å². The van der Waals surface area contributed by atoms with E-state index >= 15 is 0 Å². The summed E-state index contributed by atoms with van der Waals surface area (Å²) in [5, 5.41) is 3.19. The van der Waals surface area contributed by atoms with Crippen LogP contribution in [0.1, 0.15) is 12.0 Å². The van der Waals surface area contributed by atoms with E-state index in [4.69, 9.17) is 4.98 Å². The van der Waals surface area contributed by atoms with Gasteiger partial charge in [0, 0.05) is 26.2 Å². The van der Waals surface area contributed by atoms with Crippen molar-refractivity contribution in [1.29, 1.82) is 0 Å². The van der Waals surface area contributed by atoms with Crippen molar-refractivity contribution in [1.82, 2.24) is 19.4 Å². The highest BCUT2D eigenvalue weighted by atomic mass is 15.4. The van der Waals surface area contributed by atoms with Gasteiger partial charge < -0.3 is 19.7 Å². The van der Waals surface area contributed by atoms with Crippen LogP contribution in [-0.4, -0.2) is 59.7 Å². The van der Waals surface area contributed by atoms with E-state index in [0.29, 0.717) is 6.04 Å². The molecule has 0 amide bonds. The molecule has 6 nitrogen and oxygen atoms in total. The van der Waals surface area contributed by atoms with E-state index in [-0.39, 0.29) is 0 Å². The number of rotatable bonds is 5. The Balaban J connectivity index is 1.77. The number of nitrogens with one attached hydrogen (secondary N) is 1. The van der Waals surface area contributed by atoms with E-state index in [1.54, 1.807) is 0 Å². The molecule has 136 valence electrons. The Morgan fingerprint density at radius 3 is 2.73 bits per heavy atom. The molecule has 3 aromatic rings. The average Bonchev–Trinajstić information content (AvgIpc) is 3.27. The average molecular weight is 350 g/mol. The maximum atomic E-state index is 4.89. The number of pyridine rings is 1. The summed E-state index contributed by atoms with van der Waals surface area (Å²) in [4.78, 5) is 14.2. The highest BCUT2D eigenvalue weighted by Gasteiger charge is 2.28. The first kappa shape index (κ1) is 16.8. The van der Waals surface area contributed by atoms with Gasteiger partial charge in [0.15, 0.2) is 5.65 Å². The number of imidazole rings is 1. The van der Waals surface area contributed by atoms with E-state index < -0.39 is 0 Å². The lowest BCUT2D eigenvalue weighted by Gasteiger charge is -2.22. The standard InChI is InChI=1S/C20H26N6/c1-21-16-11-18-19(22-12-16)23-20(25-10-9-17(14-25)24(2)3)26(18)13-15-7-5-4-6-8-15/h4-8,11-12,17,21H,9-10,13-14H2,1-3H3/t17-/m1/s1. The molecule has 1 fully saturated rings. The van der Waals surface area contributed by atoms with Gasteiger partial charge in [-0.25, -0.2) is 4.98 Å². The van der Waals surface area contributed by atoms with Crippen LogP contribution < -0.4 is 10.2 Å². The van der Waals surface area contributed by atoms with Crippen molar-refractivity contribution < 1.29 is 0 Å². The second-order valence-electron chi connectivity index (χ2n) is 7.15. The Labute approximate surface area is 154 Å². The number of likely N-dealkylation sites (N-methyl/N-ethyl adjacent to an activating group) is 1. The lowest BCUT2D eigenvalue weighted by molar-refractivity contribution is 0.315. The predicted octanol–water partition coefficient (Wildman–Crippen LogP) is 2.66. The van der Waals surface area contributed by atoms with E-state index in [1.165, 1.54) is 5.56 Å². The van der Waals surface area contributed by atoms with Gasteiger partial charge in [0.25, 0.3) is 0 Å². The third-order valence-corrected chi connectivity index (χ3v) is 5.23. The van der Waals surface area contributed by atoms with Crippen molar-refractivity contribution in [3.05, 3.63) is 48.2 Å². The molecule has 0 unspecified atom stereocenters. The lowest BCUT2D eigenvalue weighted by Crippen LogP contribution is -2.32. The van der Waals surface area contributed by atoms with Crippen LogP contribution in [0.2, 0.25) is 0 Å². The fraction of sp³-hybridized carbons (Fsp3) is 0.400. The highest BCUT2D eigenvalue weighted by molar-refractivity contribution is 5.78. The summed E-state index contributed by atoms with van der Waals surface area (Å²) in [6.07, 6.45) is 3.01. The molecule has 0 radical (unpaired) electrons. The Morgan fingerprint density at radius 1 is 1.23 bits per heavy atom. The number of aromatic nitrogens is 3. The van der Waals surface area contributed by atoms with Gasteiger partial charge in [-0.3, -0.25) is 0 Å². The van der Waals surface area contributed by atoms with Crippen LogP contribution >= 0.6 is 0 Å². The minimum absolute atomic E-state index is 0.570. The van der Waals surface area contributed by atoms with Crippen LogP contribution in [0.3, 0.4) is 0 Å². The van der Waals surface area contributed by atoms with Crippen LogP contribution in [0.4, 0.5) is 11.6 Å². The van der Waals surface area contributed by atoms with Gasteiger partial charge in [0.05, 0.1) is 23.9 Å². The minimum Gasteiger partial charge on any atom is -0.387 e. The summed E-state index contributed by atoms with van der Waals surface area (Å²) in [7, 11) is 6.23. The van der Waals surface area contributed by atoms with Gasteiger partial charge >= 0.3 is 0 Å². The number of hydrogen-bond donors (Lipinski definition) is 1. The third-order valence-electron chi connectivity index (χ3n) is 5.23. The molecule has 0 spiro atoms. The number of fused-ring (bicyclic) bond motifs is 1. The normalized spacial score (nSPS) is 17.4. The van der Waals surface area contributed by atoms with Gasteiger partial charge in [-0.1, -0.05) is 30.3 Å². The zero-order chi connectivity index (χ0) is 18.1. The predicted molar refractivity (Wildman–Crippen MR) is 107 cm³/mol. The highest BCUT2D eigenvalue weighted by Crippen LogP contribution is 2.28. The summed E-state index contributed by atoms with van der Waals surface area (Å²) in [6.45, 7) is 2.83. The van der Waals surface area contributed by atoms with Crippen LogP contribution in [0.15, 0.2) is 42.6 Å².